The van der Waals surface area contributed by atoms with Gasteiger partial charge in [-0.2, -0.15) is 0 Å². The molecule has 1 N–H and O–H groups in total. The third-order valence-electron chi connectivity index (χ3n) is 7.26. The minimum absolute atomic E-state index is 0.0304. The fourth-order valence-corrected chi connectivity index (χ4v) is 9.78. The number of carbonyl (C=O) groups excluding carboxylic acids is 2. The molecule has 2 heterocycles. The number of hydrogen-bond donors (Lipinski definition) is 1. The van der Waals surface area contributed by atoms with Crippen molar-refractivity contribution in [3.63, 3.8) is 0 Å². The van der Waals surface area contributed by atoms with Crippen molar-refractivity contribution in [2.75, 3.05) is 6.54 Å². The number of fused-ring (bicyclic) bond motifs is 3. The van der Waals surface area contributed by atoms with E-state index in [2.05, 4.69) is 26.1 Å². The molecule has 2 bridgehead atoms. The second-order valence-corrected chi connectivity index (χ2v) is 10.7. The van der Waals surface area contributed by atoms with E-state index in [1.54, 1.807) is 0 Å². The Hall–Kier alpha value is -0.741. The van der Waals surface area contributed by atoms with E-state index in [0.717, 1.165) is 18.2 Å². The second-order valence-electron chi connectivity index (χ2n) is 8.24. The SMILES string of the molecule is CC1(C)[C@@H]2CC[C@@]1(C)[C@@]1(CNC(=O)O1)[C@H]2[Se]CC1CCC(=O)O1. The van der Waals surface area contributed by atoms with Crippen molar-refractivity contribution >= 4 is 27.0 Å². The third kappa shape index (κ3) is 1.91. The predicted molar refractivity (Wildman–Crippen MR) is 85.3 cm³/mol. The first-order valence-electron chi connectivity index (χ1n) is 8.58. The molecule has 1 unspecified atom stereocenters. The summed E-state index contributed by atoms with van der Waals surface area (Å²) in [6.45, 7) is 7.66. The molecule has 2 aliphatic heterocycles. The standard InChI is InChI=1S/C17H25NO4Se/c1-15(2)11-6-7-16(15,3)17(9-18-14(20)22-17)13(11)23-8-10-4-5-12(19)21-10/h10-11,13H,4-9H2,1-3H3,(H,18,20)/t10?,11-,13+,16-,17-/m1/s1. The molecule has 2 saturated carbocycles. The van der Waals surface area contributed by atoms with Gasteiger partial charge in [0.2, 0.25) is 0 Å². The van der Waals surface area contributed by atoms with Gasteiger partial charge in [-0.3, -0.25) is 0 Å². The molecule has 0 aromatic rings. The van der Waals surface area contributed by atoms with Gasteiger partial charge in [0.1, 0.15) is 0 Å². The predicted octanol–water partition coefficient (Wildman–Crippen LogP) is 2.54. The fourth-order valence-electron chi connectivity index (χ4n) is 5.53. The summed E-state index contributed by atoms with van der Waals surface area (Å²) in [5.41, 5.74) is -0.153. The molecule has 2 aliphatic carbocycles. The van der Waals surface area contributed by atoms with Crippen LogP contribution in [0.15, 0.2) is 0 Å². The topological polar surface area (TPSA) is 64.6 Å². The van der Waals surface area contributed by atoms with Crippen molar-refractivity contribution in [2.24, 2.45) is 16.7 Å². The molecule has 128 valence electrons. The average molecular weight is 386 g/mol. The molecule has 5 nitrogen and oxygen atoms in total. The van der Waals surface area contributed by atoms with Crippen LogP contribution in [0.25, 0.3) is 0 Å². The summed E-state index contributed by atoms with van der Waals surface area (Å²) in [4.78, 5) is 23.6. The Kier molecular flexibility index (Phi) is 3.35. The first-order chi connectivity index (χ1) is 10.8. The number of ether oxygens (including phenoxy) is 2. The van der Waals surface area contributed by atoms with Gasteiger partial charge in [0, 0.05) is 0 Å². The van der Waals surface area contributed by atoms with Crippen LogP contribution in [0.2, 0.25) is 10.1 Å². The molecular formula is C17H25NO4Se. The minimum atomic E-state index is -0.362. The van der Waals surface area contributed by atoms with Gasteiger partial charge >= 0.3 is 143 Å². The number of rotatable bonds is 3. The molecule has 5 atom stereocenters. The normalized spacial score (nSPS) is 47.0. The van der Waals surface area contributed by atoms with Crippen LogP contribution in [0.1, 0.15) is 46.5 Å². The number of alkyl carbamates (subject to hydrolysis) is 1. The summed E-state index contributed by atoms with van der Waals surface area (Å²) in [6.07, 6.45) is 3.58. The molecule has 0 radical (unpaired) electrons. The van der Waals surface area contributed by atoms with Crippen LogP contribution in [0.5, 0.6) is 0 Å². The quantitative estimate of drug-likeness (QED) is 0.598. The van der Waals surface area contributed by atoms with E-state index in [1.807, 2.05) is 0 Å². The van der Waals surface area contributed by atoms with Crippen LogP contribution in [0, 0.1) is 16.7 Å². The zero-order chi connectivity index (χ0) is 16.5. The maximum atomic E-state index is 11.9. The first-order valence-corrected chi connectivity index (χ1v) is 10.8. The summed E-state index contributed by atoms with van der Waals surface area (Å²) >= 11 is 0.307. The number of esters is 1. The van der Waals surface area contributed by atoms with Crippen LogP contribution in [-0.4, -0.2) is 45.3 Å². The van der Waals surface area contributed by atoms with E-state index < -0.39 is 0 Å². The molecule has 23 heavy (non-hydrogen) atoms. The molecule has 4 fully saturated rings. The van der Waals surface area contributed by atoms with E-state index >= 15 is 0 Å². The zero-order valence-corrected chi connectivity index (χ0v) is 15.7. The van der Waals surface area contributed by atoms with Crippen molar-refractivity contribution in [1.29, 1.82) is 0 Å². The van der Waals surface area contributed by atoms with Gasteiger partial charge in [0.25, 0.3) is 0 Å². The Labute approximate surface area is 143 Å². The second kappa shape index (κ2) is 4.89. The van der Waals surface area contributed by atoms with Crippen LogP contribution in [0.4, 0.5) is 4.79 Å². The van der Waals surface area contributed by atoms with E-state index in [4.69, 9.17) is 9.47 Å². The average Bonchev–Trinajstić information content (AvgIpc) is 3.15. The van der Waals surface area contributed by atoms with Crippen molar-refractivity contribution < 1.29 is 19.1 Å². The summed E-state index contributed by atoms with van der Waals surface area (Å²) in [5, 5.41) is 3.88. The maximum absolute atomic E-state index is 11.9. The summed E-state index contributed by atoms with van der Waals surface area (Å²) in [5.74, 6) is 0.534. The Morgan fingerprint density at radius 3 is 2.65 bits per heavy atom. The monoisotopic (exact) mass is 387 g/mol. The van der Waals surface area contributed by atoms with Gasteiger partial charge in [-0.25, -0.2) is 0 Å². The molecule has 0 aromatic carbocycles. The molecule has 1 amide bonds. The van der Waals surface area contributed by atoms with E-state index in [0.29, 0.717) is 38.7 Å². The Morgan fingerprint density at radius 2 is 2.04 bits per heavy atom. The Bertz CT molecular complexity index is 565. The van der Waals surface area contributed by atoms with Crippen LogP contribution >= 0.6 is 0 Å². The van der Waals surface area contributed by atoms with Gasteiger partial charge < -0.3 is 0 Å². The van der Waals surface area contributed by atoms with Crippen molar-refractivity contribution in [3.05, 3.63) is 0 Å². The van der Waals surface area contributed by atoms with Gasteiger partial charge in [-0.15, -0.1) is 0 Å². The van der Waals surface area contributed by atoms with Crippen molar-refractivity contribution in [3.8, 4) is 0 Å². The van der Waals surface area contributed by atoms with Gasteiger partial charge in [-0.05, 0) is 0 Å². The molecular weight excluding hydrogens is 361 g/mol. The number of hydrogen-bond acceptors (Lipinski definition) is 4. The summed E-state index contributed by atoms with van der Waals surface area (Å²) in [6, 6.07) is 0. The van der Waals surface area contributed by atoms with Gasteiger partial charge in [-0.1, -0.05) is 0 Å². The third-order valence-corrected chi connectivity index (χ3v) is 10.7. The van der Waals surface area contributed by atoms with Gasteiger partial charge in [0.05, 0.1) is 0 Å². The van der Waals surface area contributed by atoms with Crippen LogP contribution in [0.3, 0.4) is 0 Å². The first kappa shape index (κ1) is 15.8. The summed E-state index contributed by atoms with van der Waals surface area (Å²) in [7, 11) is 0. The van der Waals surface area contributed by atoms with E-state index in [9.17, 15) is 9.59 Å². The number of nitrogens with one attached hydrogen (secondary N) is 1. The molecule has 4 aliphatic rings. The zero-order valence-electron chi connectivity index (χ0n) is 14.0. The molecule has 2 saturated heterocycles. The van der Waals surface area contributed by atoms with Gasteiger partial charge in [0.15, 0.2) is 0 Å². The van der Waals surface area contributed by atoms with E-state index in [-0.39, 0.29) is 34.6 Å². The number of carbonyl (C=O) groups is 2. The van der Waals surface area contributed by atoms with Crippen LogP contribution < -0.4 is 5.32 Å². The Morgan fingerprint density at radius 1 is 1.26 bits per heavy atom. The molecule has 4 rings (SSSR count). The number of cyclic esters (lactones) is 1. The van der Waals surface area contributed by atoms with Crippen molar-refractivity contribution in [2.45, 2.75) is 68.3 Å². The molecule has 6 heteroatoms. The van der Waals surface area contributed by atoms with Crippen molar-refractivity contribution in [1.82, 2.24) is 5.32 Å². The molecule has 0 aromatic heterocycles. The molecule has 1 spiro atoms. The Balaban J connectivity index is 1.59. The summed E-state index contributed by atoms with van der Waals surface area (Å²) < 4.78 is 11.4. The fraction of sp³-hybridized carbons (Fsp3) is 0.882. The van der Waals surface area contributed by atoms with E-state index in [1.165, 1.54) is 6.42 Å². The van der Waals surface area contributed by atoms with Crippen LogP contribution in [-0.2, 0) is 14.3 Å². The number of amides is 1.